The van der Waals surface area contributed by atoms with E-state index in [1.807, 2.05) is 30.3 Å². The summed E-state index contributed by atoms with van der Waals surface area (Å²) < 4.78 is 0. The minimum absolute atomic E-state index is 0.0997. The van der Waals surface area contributed by atoms with Crippen LogP contribution in [0.5, 0.6) is 0 Å². The van der Waals surface area contributed by atoms with Crippen LogP contribution in [0.2, 0.25) is 0 Å². The lowest BCUT2D eigenvalue weighted by atomic mass is 10.2. The van der Waals surface area contributed by atoms with Crippen LogP contribution in [0.1, 0.15) is 24.8 Å². The zero-order valence-electron chi connectivity index (χ0n) is 12.8. The smallest absolute Gasteiger partial charge is 0.321 e. The summed E-state index contributed by atoms with van der Waals surface area (Å²) in [6, 6.07) is 8.31. The second-order valence-corrected chi connectivity index (χ2v) is 5.50. The highest BCUT2D eigenvalue weighted by Crippen LogP contribution is 2.17. The highest BCUT2D eigenvalue weighted by atomic mass is 16.4. The number of hydrogen-bond donors (Lipinski definition) is 3. The molecular formula is C16H21N3O4. The average molecular weight is 319 g/mol. The molecule has 124 valence electrons. The van der Waals surface area contributed by atoms with Crippen molar-refractivity contribution in [1.29, 1.82) is 0 Å². The van der Waals surface area contributed by atoms with Gasteiger partial charge in [-0.1, -0.05) is 30.3 Å². The van der Waals surface area contributed by atoms with Crippen LogP contribution in [-0.4, -0.2) is 47.0 Å². The van der Waals surface area contributed by atoms with Gasteiger partial charge in [0.2, 0.25) is 5.91 Å². The van der Waals surface area contributed by atoms with Crippen LogP contribution in [0.25, 0.3) is 0 Å². The number of likely N-dealkylation sites (tertiary alicyclic amines) is 1. The lowest BCUT2D eigenvalue weighted by Gasteiger charge is -2.20. The van der Waals surface area contributed by atoms with E-state index >= 15 is 0 Å². The molecule has 0 aromatic heterocycles. The number of nitrogens with one attached hydrogen (secondary N) is 2. The molecule has 0 radical (unpaired) electrons. The van der Waals surface area contributed by atoms with Crippen molar-refractivity contribution in [1.82, 2.24) is 15.5 Å². The van der Waals surface area contributed by atoms with Crippen molar-refractivity contribution in [2.24, 2.45) is 0 Å². The summed E-state index contributed by atoms with van der Waals surface area (Å²) in [6.45, 7) is 1.35. The Morgan fingerprint density at radius 3 is 2.65 bits per heavy atom. The van der Waals surface area contributed by atoms with Gasteiger partial charge in [0.05, 0.1) is 0 Å². The maximum absolute atomic E-state index is 11.8. The molecule has 7 heteroatoms. The Bertz CT molecular complexity index is 562. The molecule has 1 saturated heterocycles. The van der Waals surface area contributed by atoms with Crippen molar-refractivity contribution in [2.75, 3.05) is 13.1 Å². The van der Waals surface area contributed by atoms with Gasteiger partial charge >= 0.3 is 12.0 Å². The fourth-order valence-electron chi connectivity index (χ4n) is 2.63. The summed E-state index contributed by atoms with van der Waals surface area (Å²) in [5.41, 5.74) is 0.941. The number of carbonyl (C=O) groups is 3. The topological polar surface area (TPSA) is 98.7 Å². The van der Waals surface area contributed by atoms with Gasteiger partial charge in [-0.05, 0) is 24.9 Å². The van der Waals surface area contributed by atoms with Crippen LogP contribution < -0.4 is 10.6 Å². The van der Waals surface area contributed by atoms with Gasteiger partial charge in [-0.15, -0.1) is 0 Å². The summed E-state index contributed by atoms with van der Waals surface area (Å²) in [7, 11) is 0. The molecular weight excluding hydrogens is 298 g/mol. The van der Waals surface area contributed by atoms with Crippen LogP contribution in [0, 0.1) is 0 Å². The third-order valence-electron chi connectivity index (χ3n) is 3.82. The molecule has 1 fully saturated rings. The van der Waals surface area contributed by atoms with Gasteiger partial charge in [0, 0.05) is 19.5 Å². The number of carbonyl (C=O) groups excluding carboxylic acids is 2. The molecule has 7 nitrogen and oxygen atoms in total. The predicted octanol–water partition coefficient (Wildman–Crippen LogP) is 0.952. The molecule has 2 rings (SSSR count). The number of carboxylic acid groups (broad SMARTS) is 1. The Morgan fingerprint density at radius 1 is 1.22 bits per heavy atom. The molecule has 0 spiro atoms. The third kappa shape index (κ3) is 5.37. The Kier molecular flexibility index (Phi) is 6.10. The second kappa shape index (κ2) is 8.28. The largest absolute Gasteiger partial charge is 0.480 e. The molecule has 3 amide bonds. The van der Waals surface area contributed by atoms with E-state index in [1.165, 1.54) is 0 Å². The minimum Gasteiger partial charge on any atom is -0.480 e. The standard InChI is InChI=1S/C16H21N3O4/c20-14(8-10-19-9-4-7-13(19)15(21)22)18-16(23)17-11-12-5-2-1-3-6-12/h1-3,5-6,13H,4,7-11H2,(H,21,22)(H2,17,18,20,23). The zero-order valence-corrected chi connectivity index (χ0v) is 12.8. The van der Waals surface area contributed by atoms with Crippen molar-refractivity contribution in [3.05, 3.63) is 35.9 Å². The Morgan fingerprint density at radius 2 is 1.96 bits per heavy atom. The van der Waals surface area contributed by atoms with Crippen LogP contribution in [-0.2, 0) is 16.1 Å². The second-order valence-electron chi connectivity index (χ2n) is 5.50. The molecule has 3 N–H and O–H groups in total. The number of aliphatic carboxylic acids is 1. The molecule has 1 heterocycles. The van der Waals surface area contributed by atoms with E-state index in [4.69, 9.17) is 5.11 Å². The molecule has 1 aromatic rings. The Balaban J connectivity index is 1.68. The minimum atomic E-state index is -0.858. The average Bonchev–Trinajstić information content (AvgIpc) is 3.01. The predicted molar refractivity (Wildman–Crippen MR) is 83.7 cm³/mol. The van der Waals surface area contributed by atoms with Crippen LogP contribution in [0.15, 0.2) is 30.3 Å². The number of imide groups is 1. The van der Waals surface area contributed by atoms with Gasteiger partial charge in [-0.2, -0.15) is 0 Å². The van der Waals surface area contributed by atoms with E-state index in [0.717, 1.165) is 12.0 Å². The first kappa shape index (κ1) is 17.0. The van der Waals surface area contributed by atoms with E-state index in [2.05, 4.69) is 10.6 Å². The number of amides is 3. The Labute approximate surface area is 134 Å². The first-order valence-electron chi connectivity index (χ1n) is 7.64. The van der Waals surface area contributed by atoms with E-state index < -0.39 is 23.9 Å². The highest BCUT2D eigenvalue weighted by molar-refractivity contribution is 5.94. The molecule has 1 aromatic carbocycles. The van der Waals surface area contributed by atoms with E-state index in [0.29, 0.717) is 26.1 Å². The normalized spacial score (nSPS) is 17.7. The lowest BCUT2D eigenvalue weighted by Crippen LogP contribution is -2.42. The fourth-order valence-corrected chi connectivity index (χ4v) is 2.63. The summed E-state index contributed by atoms with van der Waals surface area (Å²) in [5, 5.41) is 13.9. The van der Waals surface area contributed by atoms with E-state index in [1.54, 1.807) is 4.90 Å². The van der Waals surface area contributed by atoms with E-state index in [9.17, 15) is 14.4 Å². The highest BCUT2D eigenvalue weighted by Gasteiger charge is 2.30. The van der Waals surface area contributed by atoms with Gasteiger partial charge < -0.3 is 10.4 Å². The number of benzene rings is 1. The maximum Gasteiger partial charge on any atom is 0.321 e. The van der Waals surface area contributed by atoms with Crippen LogP contribution in [0.4, 0.5) is 4.79 Å². The van der Waals surface area contributed by atoms with Gasteiger partial charge in [0.15, 0.2) is 0 Å². The quantitative estimate of drug-likeness (QED) is 0.725. The molecule has 0 saturated carbocycles. The van der Waals surface area contributed by atoms with E-state index in [-0.39, 0.29) is 6.42 Å². The SMILES string of the molecule is O=C(CCN1CCCC1C(=O)O)NC(=O)NCc1ccccc1. The first-order chi connectivity index (χ1) is 11.1. The Hall–Kier alpha value is -2.41. The number of urea groups is 1. The molecule has 0 aliphatic carbocycles. The molecule has 1 unspecified atom stereocenters. The zero-order chi connectivity index (χ0) is 16.7. The first-order valence-corrected chi connectivity index (χ1v) is 7.64. The summed E-state index contributed by atoms with van der Waals surface area (Å²) >= 11 is 0. The lowest BCUT2D eigenvalue weighted by molar-refractivity contribution is -0.142. The number of carboxylic acids is 1. The van der Waals surface area contributed by atoms with Gasteiger partial charge in [0.1, 0.15) is 6.04 Å². The van der Waals surface area contributed by atoms with Gasteiger partial charge in [0.25, 0.3) is 0 Å². The van der Waals surface area contributed by atoms with Crippen molar-refractivity contribution >= 4 is 17.9 Å². The van der Waals surface area contributed by atoms with Gasteiger partial charge in [-0.25, -0.2) is 4.79 Å². The summed E-state index contributed by atoms with van der Waals surface area (Å²) in [6.07, 6.45) is 1.52. The molecule has 1 atom stereocenters. The molecule has 23 heavy (non-hydrogen) atoms. The van der Waals surface area contributed by atoms with Crippen molar-refractivity contribution < 1.29 is 19.5 Å². The summed E-state index contributed by atoms with van der Waals surface area (Å²) in [5.74, 6) is -1.27. The number of nitrogens with zero attached hydrogens (tertiary/aromatic N) is 1. The molecule has 1 aliphatic heterocycles. The van der Waals surface area contributed by atoms with Crippen LogP contribution in [0.3, 0.4) is 0 Å². The maximum atomic E-state index is 11.8. The fraction of sp³-hybridized carbons (Fsp3) is 0.438. The van der Waals surface area contributed by atoms with Crippen molar-refractivity contribution in [3.8, 4) is 0 Å². The van der Waals surface area contributed by atoms with Gasteiger partial charge in [-0.3, -0.25) is 19.8 Å². The molecule has 0 bridgehead atoms. The number of hydrogen-bond acceptors (Lipinski definition) is 4. The van der Waals surface area contributed by atoms with Crippen molar-refractivity contribution in [2.45, 2.75) is 31.8 Å². The van der Waals surface area contributed by atoms with Crippen LogP contribution >= 0.6 is 0 Å². The third-order valence-corrected chi connectivity index (χ3v) is 3.82. The van der Waals surface area contributed by atoms with Crippen molar-refractivity contribution in [3.63, 3.8) is 0 Å². The molecule has 1 aliphatic rings. The monoisotopic (exact) mass is 319 g/mol. The number of rotatable bonds is 6. The summed E-state index contributed by atoms with van der Waals surface area (Å²) in [4.78, 5) is 36.2.